The van der Waals surface area contributed by atoms with E-state index in [0.717, 1.165) is 4.70 Å². The molecule has 1 amide bonds. The molecule has 10 heteroatoms. The second kappa shape index (κ2) is 8.15. The van der Waals surface area contributed by atoms with Crippen molar-refractivity contribution < 1.29 is 32.2 Å². The molecule has 0 aliphatic rings. The second-order valence-electron chi connectivity index (χ2n) is 4.91. The second-order valence-corrected chi connectivity index (χ2v) is 5.94. The number of nitrogens with one attached hydrogen (secondary N) is 1. The predicted octanol–water partition coefficient (Wildman–Crippen LogP) is 3.52. The van der Waals surface area contributed by atoms with E-state index in [1.165, 1.54) is 11.3 Å². The Bertz CT molecular complexity index is 761. The summed E-state index contributed by atoms with van der Waals surface area (Å²) < 4.78 is 45.9. The molecule has 0 aliphatic heterocycles. The highest BCUT2D eigenvalue weighted by molar-refractivity contribution is 7.22. The summed E-state index contributed by atoms with van der Waals surface area (Å²) in [5.74, 6) is -0.935. The summed E-state index contributed by atoms with van der Waals surface area (Å²) >= 11 is 1.23. The first-order chi connectivity index (χ1) is 11.8. The summed E-state index contributed by atoms with van der Waals surface area (Å²) in [4.78, 5) is 27.1. The number of benzene rings is 1. The molecular weight excluding hydrogens is 361 g/mol. The maximum Gasteiger partial charge on any atom is 0.422 e. The Hall–Kier alpha value is -2.36. The number of esters is 1. The molecule has 0 atom stereocenters. The number of alkyl halides is 3. The Balaban J connectivity index is 1.86. The Morgan fingerprint density at radius 1 is 1.28 bits per heavy atom. The number of fused-ring (bicyclic) bond motifs is 1. The molecule has 0 aliphatic carbocycles. The van der Waals surface area contributed by atoms with Gasteiger partial charge in [0.15, 0.2) is 11.7 Å². The molecule has 1 N–H and O–H groups in total. The lowest BCUT2D eigenvalue weighted by molar-refractivity contribution is -0.186. The van der Waals surface area contributed by atoms with Gasteiger partial charge in [0.25, 0.3) is 0 Å². The average molecular weight is 376 g/mol. The first-order valence-electron chi connectivity index (χ1n) is 7.32. The molecule has 0 radical (unpaired) electrons. The molecule has 136 valence electrons. The maximum atomic E-state index is 11.9. The number of carbonyl (C=O) groups excluding carboxylic acids is 2. The van der Waals surface area contributed by atoms with Crippen molar-refractivity contribution in [2.45, 2.75) is 25.9 Å². The van der Waals surface area contributed by atoms with Gasteiger partial charge in [0, 0.05) is 6.42 Å². The van der Waals surface area contributed by atoms with Crippen LogP contribution in [0.1, 0.15) is 19.8 Å². The monoisotopic (exact) mass is 376 g/mol. The molecule has 2 aromatic rings. The third kappa shape index (κ3) is 6.22. The van der Waals surface area contributed by atoms with Crippen LogP contribution in [0.25, 0.3) is 10.2 Å². The van der Waals surface area contributed by atoms with Crippen LogP contribution in [0.5, 0.6) is 5.75 Å². The third-order valence-corrected chi connectivity index (χ3v) is 3.80. The molecular formula is C15H15F3N2O4S. The Labute approximate surface area is 144 Å². The number of hydrogen-bond donors (Lipinski definition) is 1. The van der Waals surface area contributed by atoms with Gasteiger partial charge < -0.3 is 14.8 Å². The number of aromatic nitrogens is 1. The van der Waals surface area contributed by atoms with Gasteiger partial charge in [-0.25, -0.2) is 4.98 Å². The summed E-state index contributed by atoms with van der Waals surface area (Å²) in [5, 5.41) is 2.84. The molecule has 6 nitrogen and oxygen atoms in total. The van der Waals surface area contributed by atoms with E-state index < -0.39 is 31.1 Å². The molecule has 1 aromatic heterocycles. The molecule has 0 saturated heterocycles. The number of anilines is 1. The largest absolute Gasteiger partial charge is 0.494 e. The zero-order valence-electron chi connectivity index (χ0n) is 13.2. The van der Waals surface area contributed by atoms with Crippen LogP contribution in [0.2, 0.25) is 0 Å². The van der Waals surface area contributed by atoms with Gasteiger partial charge in [0.2, 0.25) is 5.91 Å². The minimum atomic E-state index is -4.58. The Morgan fingerprint density at radius 2 is 2.04 bits per heavy atom. The van der Waals surface area contributed by atoms with Crippen molar-refractivity contribution in [1.29, 1.82) is 0 Å². The van der Waals surface area contributed by atoms with E-state index in [-0.39, 0.29) is 6.42 Å². The van der Waals surface area contributed by atoms with E-state index >= 15 is 0 Å². The molecule has 25 heavy (non-hydrogen) atoms. The van der Waals surface area contributed by atoms with Crippen LogP contribution in [0, 0.1) is 0 Å². The highest BCUT2D eigenvalue weighted by Crippen LogP contribution is 2.29. The first-order valence-corrected chi connectivity index (χ1v) is 8.14. The SMILES string of the molecule is CCOc1ccc2nc(NC(=O)CCC(=O)OCC(F)(F)F)sc2c1. The zero-order valence-corrected chi connectivity index (χ0v) is 14.0. The third-order valence-electron chi connectivity index (χ3n) is 2.87. The van der Waals surface area contributed by atoms with Crippen LogP contribution in [-0.4, -0.2) is 36.3 Å². The van der Waals surface area contributed by atoms with Crippen LogP contribution >= 0.6 is 11.3 Å². The first kappa shape index (κ1) is 19.0. The van der Waals surface area contributed by atoms with Crippen molar-refractivity contribution in [3.05, 3.63) is 18.2 Å². The van der Waals surface area contributed by atoms with Gasteiger partial charge in [-0.2, -0.15) is 13.2 Å². The van der Waals surface area contributed by atoms with Crippen molar-refractivity contribution >= 4 is 38.6 Å². The standard InChI is InChI=1S/C15H15F3N2O4S/c1-2-23-9-3-4-10-11(7-9)25-14(19-10)20-12(21)5-6-13(22)24-8-15(16,17)18/h3-4,7H,2,5-6,8H2,1H3,(H,19,20,21). The molecule has 0 bridgehead atoms. The van der Waals surface area contributed by atoms with Gasteiger partial charge in [0.1, 0.15) is 5.75 Å². The number of halogens is 3. The fourth-order valence-electron chi connectivity index (χ4n) is 1.85. The summed E-state index contributed by atoms with van der Waals surface area (Å²) in [6.07, 6.45) is -5.32. The van der Waals surface area contributed by atoms with E-state index in [2.05, 4.69) is 15.0 Å². The molecule has 1 heterocycles. The van der Waals surface area contributed by atoms with Gasteiger partial charge in [-0.05, 0) is 25.1 Å². The van der Waals surface area contributed by atoms with E-state index in [1.54, 1.807) is 18.2 Å². The lowest BCUT2D eigenvalue weighted by atomic mass is 10.3. The smallest absolute Gasteiger partial charge is 0.422 e. The number of ether oxygens (including phenoxy) is 2. The maximum absolute atomic E-state index is 11.9. The lowest BCUT2D eigenvalue weighted by Crippen LogP contribution is -2.21. The van der Waals surface area contributed by atoms with Crippen LogP contribution in [0.3, 0.4) is 0 Å². The Kier molecular flexibility index (Phi) is 6.18. The number of hydrogen-bond acceptors (Lipinski definition) is 6. The van der Waals surface area contributed by atoms with E-state index in [0.29, 0.717) is 23.0 Å². The van der Waals surface area contributed by atoms with Crippen LogP contribution in [0.4, 0.5) is 18.3 Å². The number of amides is 1. The number of thiazole rings is 1. The summed E-state index contributed by atoms with van der Waals surface area (Å²) in [6.45, 7) is 0.730. The summed E-state index contributed by atoms with van der Waals surface area (Å²) in [7, 11) is 0. The number of nitrogens with zero attached hydrogens (tertiary/aromatic N) is 1. The molecule has 0 fully saturated rings. The molecule has 0 saturated carbocycles. The van der Waals surface area contributed by atoms with Crippen molar-refractivity contribution in [1.82, 2.24) is 4.98 Å². The average Bonchev–Trinajstić information content (AvgIpc) is 2.92. The van der Waals surface area contributed by atoms with E-state index in [4.69, 9.17) is 4.74 Å². The predicted molar refractivity (Wildman–Crippen MR) is 85.7 cm³/mol. The summed E-state index contributed by atoms with van der Waals surface area (Å²) in [6, 6.07) is 5.30. The number of rotatable bonds is 7. The van der Waals surface area contributed by atoms with E-state index in [1.807, 2.05) is 6.92 Å². The molecule has 0 spiro atoms. The normalized spacial score (nSPS) is 11.4. The minimum absolute atomic E-state index is 0.295. The molecule has 1 aromatic carbocycles. The Morgan fingerprint density at radius 3 is 2.72 bits per heavy atom. The van der Waals surface area contributed by atoms with Crippen LogP contribution < -0.4 is 10.1 Å². The highest BCUT2D eigenvalue weighted by atomic mass is 32.1. The fourth-order valence-corrected chi connectivity index (χ4v) is 2.76. The molecule has 0 unspecified atom stereocenters. The van der Waals surface area contributed by atoms with Gasteiger partial charge in [0.05, 0.1) is 23.2 Å². The van der Waals surface area contributed by atoms with Crippen molar-refractivity contribution in [3.63, 3.8) is 0 Å². The van der Waals surface area contributed by atoms with Gasteiger partial charge in [-0.1, -0.05) is 11.3 Å². The highest BCUT2D eigenvalue weighted by Gasteiger charge is 2.29. The van der Waals surface area contributed by atoms with Gasteiger partial charge >= 0.3 is 12.1 Å². The minimum Gasteiger partial charge on any atom is -0.494 e. The fraction of sp³-hybridized carbons (Fsp3) is 0.400. The van der Waals surface area contributed by atoms with Gasteiger partial charge in [-0.15, -0.1) is 0 Å². The van der Waals surface area contributed by atoms with Crippen molar-refractivity contribution in [2.75, 3.05) is 18.5 Å². The van der Waals surface area contributed by atoms with Crippen molar-refractivity contribution in [3.8, 4) is 5.75 Å². The van der Waals surface area contributed by atoms with E-state index in [9.17, 15) is 22.8 Å². The van der Waals surface area contributed by atoms with Crippen LogP contribution in [-0.2, 0) is 14.3 Å². The quantitative estimate of drug-likeness (QED) is 0.748. The number of carbonyl (C=O) groups is 2. The van der Waals surface area contributed by atoms with Crippen molar-refractivity contribution in [2.24, 2.45) is 0 Å². The topological polar surface area (TPSA) is 77.5 Å². The zero-order chi connectivity index (χ0) is 18.4. The summed E-state index contributed by atoms with van der Waals surface area (Å²) in [5.41, 5.74) is 0.674. The lowest BCUT2D eigenvalue weighted by Gasteiger charge is -2.07. The van der Waals surface area contributed by atoms with Crippen LogP contribution in [0.15, 0.2) is 18.2 Å². The molecule has 2 rings (SSSR count). The van der Waals surface area contributed by atoms with Gasteiger partial charge in [-0.3, -0.25) is 9.59 Å².